The summed E-state index contributed by atoms with van der Waals surface area (Å²) in [6.07, 6.45) is 0.399. The van der Waals surface area contributed by atoms with E-state index in [9.17, 15) is 8.78 Å². The van der Waals surface area contributed by atoms with E-state index in [1.54, 1.807) is 0 Å². The molecule has 1 unspecified atom stereocenters. The molecule has 0 fully saturated rings. The second-order valence-electron chi connectivity index (χ2n) is 4.60. The van der Waals surface area contributed by atoms with Crippen LogP contribution in [0.1, 0.15) is 22.7 Å². The molecule has 0 heterocycles. The van der Waals surface area contributed by atoms with Gasteiger partial charge in [-0.1, -0.05) is 28.1 Å². The molecule has 0 bridgehead atoms. The van der Waals surface area contributed by atoms with Crippen molar-refractivity contribution in [3.05, 3.63) is 69.2 Å². The molecule has 1 nitrogen and oxygen atoms in total. The van der Waals surface area contributed by atoms with E-state index in [1.807, 2.05) is 25.1 Å². The fourth-order valence-corrected chi connectivity index (χ4v) is 2.25. The van der Waals surface area contributed by atoms with Crippen LogP contribution in [0.3, 0.4) is 0 Å². The first-order valence-electron chi connectivity index (χ1n) is 5.92. The average molecular weight is 326 g/mol. The van der Waals surface area contributed by atoms with E-state index in [1.165, 1.54) is 12.1 Å². The largest absolute Gasteiger partial charge is 0.324 e. The first kappa shape index (κ1) is 14.2. The van der Waals surface area contributed by atoms with Crippen molar-refractivity contribution in [2.24, 2.45) is 5.73 Å². The summed E-state index contributed by atoms with van der Waals surface area (Å²) in [6.45, 7) is 1.97. The molecule has 0 aliphatic carbocycles. The molecule has 0 aliphatic rings. The highest BCUT2D eigenvalue weighted by Gasteiger charge is 2.10. The number of hydrogen-bond acceptors (Lipinski definition) is 1. The summed E-state index contributed by atoms with van der Waals surface area (Å²) in [6, 6.07) is 9.02. The molecule has 0 saturated heterocycles. The molecule has 19 heavy (non-hydrogen) atoms. The lowest BCUT2D eigenvalue weighted by molar-refractivity contribution is 0.576. The second kappa shape index (κ2) is 5.80. The molecular weight excluding hydrogens is 312 g/mol. The van der Waals surface area contributed by atoms with Crippen LogP contribution in [0.15, 0.2) is 40.9 Å². The minimum absolute atomic E-state index is 0.284. The van der Waals surface area contributed by atoms with Gasteiger partial charge in [0.1, 0.15) is 11.6 Å². The summed E-state index contributed by atoms with van der Waals surface area (Å²) in [7, 11) is 0. The number of halogens is 3. The number of rotatable bonds is 3. The highest BCUT2D eigenvalue weighted by molar-refractivity contribution is 9.10. The van der Waals surface area contributed by atoms with Gasteiger partial charge >= 0.3 is 0 Å². The first-order valence-corrected chi connectivity index (χ1v) is 6.71. The maximum Gasteiger partial charge on any atom is 0.126 e. The van der Waals surface area contributed by atoms with Crippen LogP contribution in [-0.2, 0) is 6.42 Å². The third-order valence-corrected chi connectivity index (χ3v) is 3.88. The van der Waals surface area contributed by atoms with Crippen molar-refractivity contribution < 1.29 is 8.78 Å². The molecule has 2 aromatic carbocycles. The zero-order valence-electron chi connectivity index (χ0n) is 10.5. The smallest absolute Gasteiger partial charge is 0.126 e. The standard InChI is InChI=1S/C15H14BrF2N/c1-9-4-11(2-3-14(9)16)15(19)7-10-5-12(17)8-13(18)6-10/h2-6,8,15H,7,19H2,1H3. The maximum atomic E-state index is 13.1. The Morgan fingerprint density at radius 2 is 1.74 bits per heavy atom. The molecule has 1 atom stereocenters. The van der Waals surface area contributed by atoms with Crippen LogP contribution in [0.25, 0.3) is 0 Å². The third-order valence-electron chi connectivity index (χ3n) is 2.99. The normalized spacial score (nSPS) is 12.5. The predicted molar refractivity (Wildman–Crippen MR) is 75.9 cm³/mol. The van der Waals surface area contributed by atoms with Crippen molar-refractivity contribution in [1.82, 2.24) is 0 Å². The molecule has 2 N–H and O–H groups in total. The van der Waals surface area contributed by atoms with Crippen molar-refractivity contribution in [2.75, 3.05) is 0 Å². The van der Waals surface area contributed by atoms with E-state index in [0.717, 1.165) is 21.7 Å². The van der Waals surface area contributed by atoms with Gasteiger partial charge in [-0.25, -0.2) is 8.78 Å². The monoisotopic (exact) mass is 325 g/mol. The van der Waals surface area contributed by atoms with Crippen LogP contribution >= 0.6 is 15.9 Å². The highest BCUT2D eigenvalue weighted by atomic mass is 79.9. The Labute approximate surface area is 119 Å². The highest BCUT2D eigenvalue weighted by Crippen LogP contribution is 2.23. The molecule has 0 aromatic heterocycles. The van der Waals surface area contributed by atoms with E-state index in [0.29, 0.717) is 12.0 Å². The van der Waals surface area contributed by atoms with Crippen LogP contribution in [-0.4, -0.2) is 0 Å². The topological polar surface area (TPSA) is 26.0 Å². The quantitative estimate of drug-likeness (QED) is 0.895. The molecule has 0 spiro atoms. The summed E-state index contributed by atoms with van der Waals surface area (Å²) in [5.41, 5.74) is 8.68. The first-order chi connectivity index (χ1) is 8.95. The van der Waals surface area contributed by atoms with Crippen molar-refractivity contribution in [3.8, 4) is 0 Å². The van der Waals surface area contributed by atoms with Gasteiger partial charge in [0.05, 0.1) is 0 Å². The SMILES string of the molecule is Cc1cc(C(N)Cc2cc(F)cc(F)c2)ccc1Br. The van der Waals surface area contributed by atoms with Crippen LogP contribution in [0.5, 0.6) is 0 Å². The molecule has 2 aromatic rings. The van der Waals surface area contributed by atoms with E-state index < -0.39 is 11.6 Å². The van der Waals surface area contributed by atoms with Gasteiger partial charge in [-0.2, -0.15) is 0 Å². The lowest BCUT2D eigenvalue weighted by atomic mass is 9.98. The van der Waals surface area contributed by atoms with Gasteiger partial charge in [0.15, 0.2) is 0 Å². The Balaban J connectivity index is 2.20. The lowest BCUT2D eigenvalue weighted by Crippen LogP contribution is -2.13. The van der Waals surface area contributed by atoms with Crippen molar-refractivity contribution >= 4 is 15.9 Å². The van der Waals surface area contributed by atoms with Crippen LogP contribution in [0.4, 0.5) is 8.78 Å². The minimum atomic E-state index is -0.575. The minimum Gasteiger partial charge on any atom is -0.324 e. The zero-order valence-corrected chi connectivity index (χ0v) is 12.0. The Morgan fingerprint density at radius 3 is 2.32 bits per heavy atom. The van der Waals surface area contributed by atoms with Crippen LogP contribution < -0.4 is 5.73 Å². The number of aryl methyl sites for hydroxylation is 1. The molecule has 0 saturated carbocycles. The van der Waals surface area contributed by atoms with Crippen molar-refractivity contribution in [2.45, 2.75) is 19.4 Å². The van der Waals surface area contributed by atoms with Crippen molar-refractivity contribution in [3.63, 3.8) is 0 Å². The van der Waals surface area contributed by atoms with Gasteiger partial charge in [-0.05, 0) is 48.2 Å². The fraction of sp³-hybridized carbons (Fsp3) is 0.200. The predicted octanol–water partition coefficient (Wildman–Crippen LogP) is 4.28. The third kappa shape index (κ3) is 3.61. The van der Waals surface area contributed by atoms with Gasteiger partial charge in [-0.3, -0.25) is 0 Å². The number of hydrogen-bond donors (Lipinski definition) is 1. The van der Waals surface area contributed by atoms with Gasteiger partial charge < -0.3 is 5.73 Å². The Morgan fingerprint density at radius 1 is 1.11 bits per heavy atom. The molecule has 0 radical (unpaired) electrons. The van der Waals surface area contributed by atoms with E-state index in [2.05, 4.69) is 15.9 Å². The van der Waals surface area contributed by atoms with Gasteiger partial charge in [0.25, 0.3) is 0 Å². The Bertz CT molecular complexity index is 578. The summed E-state index contributed by atoms with van der Waals surface area (Å²) >= 11 is 3.42. The molecular formula is C15H14BrF2N. The second-order valence-corrected chi connectivity index (χ2v) is 5.45. The summed E-state index contributed by atoms with van der Waals surface area (Å²) in [4.78, 5) is 0. The molecule has 0 amide bonds. The molecule has 2 rings (SSSR count). The van der Waals surface area contributed by atoms with Gasteiger partial charge in [-0.15, -0.1) is 0 Å². The zero-order chi connectivity index (χ0) is 14.0. The fourth-order valence-electron chi connectivity index (χ4n) is 2.00. The number of benzene rings is 2. The van der Waals surface area contributed by atoms with Crippen LogP contribution in [0.2, 0.25) is 0 Å². The van der Waals surface area contributed by atoms with Crippen molar-refractivity contribution in [1.29, 1.82) is 0 Å². The molecule has 0 aliphatic heterocycles. The van der Waals surface area contributed by atoms with E-state index in [4.69, 9.17) is 5.73 Å². The van der Waals surface area contributed by atoms with E-state index in [-0.39, 0.29) is 6.04 Å². The summed E-state index contributed by atoms with van der Waals surface area (Å²) in [5, 5.41) is 0. The summed E-state index contributed by atoms with van der Waals surface area (Å²) < 4.78 is 27.2. The van der Waals surface area contributed by atoms with Crippen LogP contribution in [0, 0.1) is 18.6 Å². The van der Waals surface area contributed by atoms with E-state index >= 15 is 0 Å². The molecule has 4 heteroatoms. The summed E-state index contributed by atoms with van der Waals surface area (Å²) in [5.74, 6) is -1.15. The Kier molecular flexibility index (Phi) is 4.32. The van der Waals surface area contributed by atoms with Gasteiger partial charge in [0, 0.05) is 16.6 Å². The van der Waals surface area contributed by atoms with Gasteiger partial charge in [0.2, 0.25) is 0 Å². The number of nitrogens with two attached hydrogens (primary N) is 1. The lowest BCUT2D eigenvalue weighted by Gasteiger charge is -2.13. The molecule has 100 valence electrons. The Hall–Kier alpha value is -1.26. The maximum absolute atomic E-state index is 13.1. The average Bonchev–Trinajstić information content (AvgIpc) is 2.31.